The summed E-state index contributed by atoms with van der Waals surface area (Å²) in [5.41, 5.74) is 1.09. The van der Waals surface area contributed by atoms with Crippen molar-refractivity contribution in [2.75, 3.05) is 26.2 Å². The summed E-state index contributed by atoms with van der Waals surface area (Å²) in [5.74, 6) is 0.394. The van der Waals surface area contributed by atoms with Crippen LogP contribution in [0.25, 0.3) is 0 Å². The van der Waals surface area contributed by atoms with Crippen molar-refractivity contribution < 1.29 is 18.7 Å². The molecule has 32 heavy (non-hydrogen) atoms. The Hall–Kier alpha value is -3.03. The van der Waals surface area contributed by atoms with Crippen LogP contribution in [0, 0.1) is 0 Å². The highest BCUT2D eigenvalue weighted by atomic mass is 35.5. The molecular formula is C24H23ClN2O4S. The lowest BCUT2D eigenvalue weighted by Crippen LogP contribution is -2.47. The molecule has 0 saturated heterocycles. The van der Waals surface area contributed by atoms with Crippen LogP contribution in [0.3, 0.4) is 0 Å². The standard InChI is InChI=1S/C24H23ClN2O4S/c1-2-11-26(24(29)21-4-3-13-30-21)15-23(28)27-12-9-22-19(10-14-32-22)20(27)16-31-18-7-5-17(25)6-8-18/h2-8,10,13-14,20H,1,9,11-12,15-16H2. The van der Waals surface area contributed by atoms with E-state index >= 15 is 0 Å². The van der Waals surface area contributed by atoms with Crippen molar-refractivity contribution in [3.63, 3.8) is 0 Å². The molecule has 1 aliphatic rings. The molecule has 3 heterocycles. The Morgan fingerprint density at radius 1 is 1.28 bits per heavy atom. The van der Waals surface area contributed by atoms with Gasteiger partial charge in [-0.3, -0.25) is 9.59 Å². The van der Waals surface area contributed by atoms with Crippen LogP contribution in [0.4, 0.5) is 0 Å². The van der Waals surface area contributed by atoms with E-state index in [1.54, 1.807) is 58.7 Å². The highest BCUT2D eigenvalue weighted by molar-refractivity contribution is 7.10. The average molecular weight is 471 g/mol. The number of fused-ring (bicyclic) bond motifs is 1. The lowest BCUT2D eigenvalue weighted by atomic mass is 10.0. The van der Waals surface area contributed by atoms with Gasteiger partial charge in [-0.15, -0.1) is 17.9 Å². The summed E-state index contributed by atoms with van der Waals surface area (Å²) in [6.45, 7) is 4.77. The first-order valence-corrected chi connectivity index (χ1v) is 11.5. The molecule has 0 saturated carbocycles. The maximum Gasteiger partial charge on any atom is 0.290 e. The molecule has 2 aromatic heterocycles. The van der Waals surface area contributed by atoms with Crippen molar-refractivity contribution in [3.8, 4) is 5.75 Å². The monoisotopic (exact) mass is 470 g/mol. The van der Waals surface area contributed by atoms with E-state index in [-0.39, 0.29) is 36.7 Å². The second kappa shape index (κ2) is 10.1. The fraction of sp³-hybridized carbons (Fsp3) is 0.250. The summed E-state index contributed by atoms with van der Waals surface area (Å²) >= 11 is 7.65. The van der Waals surface area contributed by atoms with Crippen molar-refractivity contribution in [3.05, 3.63) is 88.0 Å². The Kier molecular flexibility index (Phi) is 6.97. The van der Waals surface area contributed by atoms with Gasteiger partial charge in [0.25, 0.3) is 5.91 Å². The van der Waals surface area contributed by atoms with Crippen molar-refractivity contribution in [2.45, 2.75) is 12.5 Å². The number of hydrogen-bond donors (Lipinski definition) is 0. The Labute approximate surface area is 195 Å². The molecule has 2 amide bonds. The molecule has 0 N–H and O–H groups in total. The number of carbonyl (C=O) groups excluding carboxylic acids is 2. The normalized spacial score (nSPS) is 15.2. The maximum atomic E-state index is 13.4. The van der Waals surface area contributed by atoms with Gasteiger partial charge in [0.15, 0.2) is 5.76 Å². The van der Waals surface area contributed by atoms with E-state index in [0.717, 1.165) is 12.0 Å². The molecule has 1 aromatic carbocycles. The lowest BCUT2D eigenvalue weighted by Gasteiger charge is -2.37. The van der Waals surface area contributed by atoms with Gasteiger partial charge in [0, 0.05) is 23.0 Å². The minimum absolute atomic E-state index is 0.0670. The molecule has 4 rings (SSSR count). The summed E-state index contributed by atoms with van der Waals surface area (Å²) in [5, 5.41) is 2.67. The highest BCUT2D eigenvalue weighted by Crippen LogP contribution is 2.34. The zero-order valence-corrected chi connectivity index (χ0v) is 19.0. The molecule has 8 heteroatoms. The first-order chi connectivity index (χ1) is 15.6. The third kappa shape index (κ3) is 4.89. The van der Waals surface area contributed by atoms with Crippen molar-refractivity contribution in [2.24, 2.45) is 0 Å². The topological polar surface area (TPSA) is 63.0 Å². The fourth-order valence-corrected chi connectivity index (χ4v) is 4.82. The van der Waals surface area contributed by atoms with Gasteiger partial charge in [0.1, 0.15) is 18.9 Å². The molecule has 0 radical (unpaired) electrons. The zero-order chi connectivity index (χ0) is 22.5. The molecule has 0 spiro atoms. The van der Waals surface area contributed by atoms with Gasteiger partial charge in [0.2, 0.25) is 5.91 Å². The molecule has 0 bridgehead atoms. The molecule has 1 atom stereocenters. The number of ether oxygens (including phenoxy) is 1. The molecule has 166 valence electrons. The van der Waals surface area contributed by atoms with Gasteiger partial charge < -0.3 is 19.0 Å². The van der Waals surface area contributed by atoms with E-state index in [2.05, 4.69) is 6.58 Å². The number of nitrogens with zero attached hydrogens (tertiary/aromatic N) is 2. The van der Waals surface area contributed by atoms with Crippen LogP contribution in [-0.2, 0) is 11.2 Å². The van der Waals surface area contributed by atoms with Gasteiger partial charge in [-0.2, -0.15) is 0 Å². The SMILES string of the molecule is C=CCN(CC(=O)N1CCc2sccc2C1COc1ccc(Cl)cc1)C(=O)c1ccco1. The minimum Gasteiger partial charge on any atom is -0.491 e. The van der Waals surface area contributed by atoms with E-state index in [4.69, 9.17) is 20.8 Å². The van der Waals surface area contributed by atoms with Crippen LogP contribution in [0.5, 0.6) is 5.75 Å². The van der Waals surface area contributed by atoms with Crippen LogP contribution in [0.1, 0.15) is 27.0 Å². The predicted molar refractivity (Wildman–Crippen MR) is 124 cm³/mol. The van der Waals surface area contributed by atoms with Crippen LogP contribution in [0.15, 0.2) is 71.2 Å². The predicted octanol–water partition coefficient (Wildman–Crippen LogP) is 4.83. The molecule has 0 aliphatic carbocycles. The molecule has 1 unspecified atom stereocenters. The Balaban J connectivity index is 1.51. The van der Waals surface area contributed by atoms with Crippen LogP contribution < -0.4 is 4.74 Å². The number of thiophene rings is 1. The number of benzene rings is 1. The largest absolute Gasteiger partial charge is 0.491 e. The van der Waals surface area contributed by atoms with Gasteiger partial charge in [-0.05, 0) is 59.8 Å². The summed E-state index contributed by atoms with van der Waals surface area (Å²) in [6, 6.07) is 12.2. The van der Waals surface area contributed by atoms with Gasteiger partial charge in [0.05, 0.1) is 12.3 Å². The lowest BCUT2D eigenvalue weighted by molar-refractivity contribution is -0.135. The number of carbonyl (C=O) groups is 2. The summed E-state index contributed by atoms with van der Waals surface area (Å²) in [7, 11) is 0. The summed E-state index contributed by atoms with van der Waals surface area (Å²) < 4.78 is 11.2. The van der Waals surface area contributed by atoms with Gasteiger partial charge in [-0.25, -0.2) is 0 Å². The van der Waals surface area contributed by atoms with Crippen LogP contribution >= 0.6 is 22.9 Å². The van der Waals surface area contributed by atoms with E-state index in [0.29, 0.717) is 23.9 Å². The molecular weight excluding hydrogens is 448 g/mol. The molecule has 1 aliphatic heterocycles. The number of rotatable bonds is 8. The third-order valence-electron chi connectivity index (χ3n) is 5.33. The average Bonchev–Trinajstić information content (AvgIpc) is 3.50. The van der Waals surface area contributed by atoms with Crippen molar-refractivity contribution in [1.82, 2.24) is 9.80 Å². The van der Waals surface area contributed by atoms with Crippen LogP contribution in [0.2, 0.25) is 5.02 Å². The number of hydrogen-bond acceptors (Lipinski definition) is 5. The van der Waals surface area contributed by atoms with E-state index in [1.807, 2.05) is 11.4 Å². The zero-order valence-electron chi connectivity index (χ0n) is 17.4. The smallest absolute Gasteiger partial charge is 0.290 e. The summed E-state index contributed by atoms with van der Waals surface area (Å²) in [6.07, 6.45) is 3.82. The number of furan rings is 1. The second-order valence-electron chi connectivity index (χ2n) is 7.37. The third-order valence-corrected chi connectivity index (χ3v) is 6.58. The van der Waals surface area contributed by atoms with Crippen molar-refractivity contribution in [1.29, 1.82) is 0 Å². The van der Waals surface area contributed by atoms with E-state index < -0.39 is 0 Å². The van der Waals surface area contributed by atoms with Gasteiger partial charge in [-0.1, -0.05) is 17.7 Å². The highest BCUT2D eigenvalue weighted by Gasteiger charge is 2.33. The fourth-order valence-electron chi connectivity index (χ4n) is 3.77. The Morgan fingerprint density at radius 2 is 2.09 bits per heavy atom. The minimum atomic E-state index is -0.342. The van der Waals surface area contributed by atoms with Gasteiger partial charge >= 0.3 is 0 Å². The first-order valence-electron chi connectivity index (χ1n) is 10.2. The van der Waals surface area contributed by atoms with E-state index in [1.165, 1.54) is 16.0 Å². The molecule has 0 fully saturated rings. The first kappa shape index (κ1) is 22.2. The maximum absolute atomic E-state index is 13.4. The number of halogens is 1. The molecule has 6 nitrogen and oxygen atoms in total. The Bertz CT molecular complexity index is 1080. The quantitative estimate of drug-likeness (QED) is 0.442. The van der Waals surface area contributed by atoms with Crippen molar-refractivity contribution >= 4 is 34.8 Å². The second-order valence-corrected chi connectivity index (χ2v) is 8.81. The number of amides is 2. The van der Waals surface area contributed by atoms with E-state index in [9.17, 15) is 9.59 Å². The Morgan fingerprint density at radius 3 is 2.81 bits per heavy atom. The summed E-state index contributed by atoms with van der Waals surface area (Å²) in [4.78, 5) is 30.6. The molecule has 3 aromatic rings. The van der Waals surface area contributed by atoms with Crippen LogP contribution in [-0.4, -0.2) is 47.9 Å².